The highest BCUT2D eigenvalue weighted by atomic mass is 16.5. The number of carbonyl (C=O) groups excluding carboxylic acids is 2. The number of amides is 1. The van der Waals surface area contributed by atoms with Crippen molar-refractivity contribution in [2.45, 2.75) is 38.3 Å². The average Bonchev–Trinajstić information content (AvgIpc) is 3.36. The zero-order valence-corrected chi connectivity index (χ0v) is 13.6. The number of hydrogen-bond acceptors (Lipinski definition) is 5. The van der Waals surface area contributed by atoms with Gasteiger partial charge in [0.15, 0.2) is 6.10 Å². The van der Waals surface area contributed by atoms with Gasteiger partial charge in [0.25, 0.3) is 11.5 Å². The third-order valence-corrected chi connectivity index (χ3v) is 3.95. The number of benzene rings is 1. The molecule has 126 valence electrons. The summed E-state index contributed by atoms with van der Waals surface area (Å²) in [5.41, 5.74) is 0.229. The van der Waals surface area contributed by atoms with Gasteiger partial charge in [0.2, 0.25) is 0 Å². The molecule has 1 atom stereocenters. The molecule has 1 aromatic carbocycles. The molecule has 0 spiro atoms. The molecular weight excluding hydrogens is 310 g/mol. The third kappa shape index (κ3) is 3.45. The van der Waals surface area contributed by atoms with Crippen LogP contribution in [0.5, 0.6) is 0 Å². The number of nitrogens with one attached hydrogen (secondary N) is 1. The van der Waals surface area contributed by atoms with Gasteiger partial charge in [0.05, 0.1) is 17.5 Å². The minimum absolute atomic E-state index is 0.102. The predicted octanol–water partition coefficient (Wildman–Crippen LogP) is 0.686. The number of nitrogens with zero attached hydrogens (tertiary/aromatic N) is 2. The maximum Gasteiger partial charge on any atom is 0.312 e. The second-order valence-corrected chi connectivity index (χ2v) is 6.01. The molecule has 7 heteroatoms. The van der Waals surface area contributed by atoms with Gasteiger partial charge in [0, 0.05) is 18.5 Å². The number of rotatable bonds is 5. The number of carbonyl (C=O) groups is 2. The number of fused-ring (bicyclic) bond motifs is 1. The van der Waals surface area contributed by atoms with Crippen molar-refractivity contribution in [1.29, 1.82) is 0 Å². The molecule has 1 N–H and O–H groups in total. The van der Waals surface area contributed by atoms with Gasteiger partial charge in [-0.15, -0.1) is 0 Å². The fourth-order valence-corrected chi connectivity index (χ4v) is 2.48. The lowest BCUT2D eigenvalue weighted by Crippen LogP contribution is -2.37. The van der Waals surface area contributed by atoms with Gasteiger partial charge in [-0.2, -0.15) is 5.10 Å². The lowest BCUT2D eigenvalue weighted by molar-refractivity contribution is -0.154. The van der Waals surface area contributed by atoms with Crippen molar-refractivity contribution in [2.24, 2.45) is 7.05 Å². The van der Waals surface area contributed by atoms with Crippen LogP contribution in [0.4, 0.5) is 0 Å². The quantitative estimate of drug-likeness (QED) is 0.815. The van der Waals surface area contributed by atoms with E-state index >= 15 is 0 Å². The number of ether oxygens (including phenoxy) is 1. The summed E-state index contributed by atoms with van der Waals surface area (Å²) in [4.78, 5) is 36.1. The van der Waals surface area contributed by atoms with Crippen molar-refractivity contribution < 1.29 is 14.3 Å². The summed E-state index contributed by atoms with van der Waals surface area (Å²) in [6, 6.07) is 7.20. The van der Waals surface area contributed by atoms with E-state index in [0.29, 0.717) is 16.5 Å². The highest BCUT2D eigenvalue weighted by Crippen LogP contribution is 2.19. The number of hydrogen-bond donors (Lipinski definition) is 1. The smallest absolute Gasteiger partial charge is 0.312 e. The molecule has 1 aliphatic rings. The van der Waals surface area contributed by atoms with Crippen molar-refractivity contribution in [3.05, 3.63) is 40.3 Å². The van der Waals surface area contributed by atoms with Gasteiger partial charge in [-0.05, 0) is 25.8 Å². The highest BCUT2D eigenvalue weighted by molar-refractivity contribution is 5.88. The Morgan fingerprint density at radius 1 is 1.33 bits per heavy atom. The van der Waals surface area contributed by atoms with Gasteiger partial charge in [-0.3, -0.25) is 14.4 Å². The van der Waals surface area contributed by atoms with Gasteiger partial charge in [0.1, 0.15) is 0 Å². The monoisotopic (exact) mass is 329 g/mol. The molecule has 0 aliphatic heterocycles. The Labute approximate surface area is 138 Å². The number of esters is 1. The molecule has 1 saturated carbocycles. The first-order valence-corrected chi connectivity index (χ1v) is 7.90. The van der Waals surface area contributed by atoms with Crippen molar-refractivity contribution in [2.75, 3.05) is 0 Å². The molecule has 2 aromatic rings. The zero-order valence-electron chi connectivity index (χ0n) is 13.6. The van der Waals surface area contributed by atoms with Crippen LogP contribution in [0.3, 0.4) is 0 Å². The average molecular weight is 329 g/mol. The third-order valence-electron chi connectivity index (χ3n) is 3.95. The summed E-state index contributed by atoms with van der Waals surface area (Å²) in [6.07, 6.45) is 0.994. The molecule has 7 nitrogen and oxygen atoms in total. The van der Waals surface area contributed by atoms with E-state index in [4.69, 9.17) is 4.74 Å². The van der Waals surface area contributed by atoms with E-state index in [1.165, 1.54) is 11.7 Å². The Hall–Kier alpha value is -2.70. The van der Waals surface area contributed by atoms with Crippen molar-refractivity contribution >= 4 is 22.6 Å². The first-order valence-electron chi connectivity index (χ1n) is 7.90. The van der Waals surface area contributed by atoms with Crippen LogP contribution < -0.4 is 10.9 Å². The maximum absolute atomic E-state index is 12.1. The normalized spacial score (nSPS) is 15.1. The van der Waals surface area contributed by atoms with Gasteiger partial charge in [-0.1, -0.05) is 18.2 Å². The Morgan fingerprint density at radius 2 is 2.00 bits per heavy atom. The topological polar surface area (TPSA) is 90.3 Å². The fourth-order valence-electron chi connectivity index (χ4n) is 2.48. The standard InChI is InChI=1S/C17H19N3O4/c1-10(16(22)18-11-7-8-11)24-15(21)9-14-12-5-3-4-6-13(12)17(23)20(2)19-14/h3-6,10-11H,7-9H2,1-2H3,(H,18,22)/t10-/m0/s1. The molecule has 3 rings (SSSR count). The van der Waals surface area contributed by atoms with Crippen LogP contribution in [-0.4, -0.2) is 33.8 Å². The summed E-state index contributed by atoms with van der Waals surface area (Å²) in [5.74, 6) is -0.839. The first-order chi connectivity index (χ1) is 11.5. The van der Waals surface area contributed by atoms with E-state index in [1.807, 2.05) is 0 Å². The highest BCUT2D eigenvalue weighted by Gasteiger charge is 2.27. The SMILES string of the molecule is C[C@H](OC(=O)Cc1nn(C)c(=O)c2ccccc12)C(=O)NC1CC1. The Balaban J connectivity index is 1.74. The van der Waals surface area contributed by atoms with Crippen LogP contribution in [0.15, 0.2) is 29.1 Å². The molecule has 0 saturated heterocycles. The van der Waals surface area contributed by atoms with Crippen LogP contribution in [-0.2, 0) is 27.8 Å². The molecule has 1 fully saturated rings. The van der Waals surface area contributed by atoms with Crippen molar-refractivity contribution in [1.82, 2.24) is 15.1 Å². The summed E-state index contributed by atoms with van der Waals surface area (Å²) < 4.78 is 6.39. The Morgan fingerprint density at radius 3 is 2.67 bits per heavy atom. The number of aryl methyl sites for hydroxylation is 1. The van der Waals surface area contributed by atoms with E-state index in [0.717, 1.165) is 12.8 Å². The summed E-state index contributed by atoms with van der Waals surface area (Å²) in [5, 5.41) is 8.06. The van der Waals surface area contributed by atoms with Crippen LogP contribution in [0, 0.1) is 0 Å². The zero-order chi connectivity index (χ0) is 17.3. The van der Waals surface area contributed by atoms with E-state index in [9.17, 15) is 14.4 Å². The van der Waals surface area contributed by atoms with Crippen LogP contribution in [0.1, 0.15) is 25.5 Å². The van der Waals surface area contributed by atoms with E-state index < -0.39 is 12.1 Å². The predicted molar refractivity (Wildman–Crippen MR) is 87.4 cm³/mol. The molecule has 24 heavy (non-hydrogen) atoms. The summed E-state index contributed by atoms with van der Waals surface area (Å²) >= 11 is 0. The minimum atomic E-state index is -0.850. The minimum Gasteiger partial charge on any atom is -0.452 e. The lowest BCUT2D eigenvalue weighted by Gasteiger charge is -2.13. The fraction of sp³-hybridized carbons (Fsp3) is 0.412. The molecular formula is C17H19N3O4. The second kappa shape index (κ2) is 6.43. The molecule has 0 radical (unpaired) electrons. The molecule has 0 unspecified atom stereocenters. The largest absolute Gasteiger partial charge is 0.452 e. The van der Waals surface area contributed by atoms with Gasteiger partial charge in [-0.25, -0.2) is 4.68 Å². The van der Waals surface area contributed by atoms with Crippen LogP contribution in [0.25, 0.3) is 10.8 Å². The van der Waals surface area contributed by atoms with Crippen molar-refractivity contribution in [3.8, 4) is 0 Å². The maximum atomic E-state index is 12.1. The van der Waals surface area contributed by atoms with Gasteiger partial charge < -0.3 is 10.1 Å². The molecule has 1 heterocycles. The van der Waals surface area contributed by atoms with Crippen LogP contribution in [0.2, 0.25) is 0 Å². The first kappa shape index (κ1) is 16.2. The number of aromatic nitrogens is 2. The molecule has 1 aromatic heterocycles. The van der Waals surface area contributed by atoms with E-state index in [1.54, 1.807) is 31.2 Å². The molecule has 0 bridgehead atoms. The Kier molecular flexibility index (Phi) is 4.33. The summed E-state index contributed by atoms with van der Waals surface area (Å²) in [7, 11) is 1.54. The molecule has 1 amide bonds. The lowest BCUT2D eigenvalue weighted by atomic mass is 10.1. The van der Waals surface area contributed by atoms with Gasteiger partial charge >= 0.3 is 5.97 Å². The summed E-state index contributed by atoms with van der Waals surface area (Å²) in [6.45, 7) is 1.54. The Bertz CT molecular complexity index is 855. The van der Waals surface area contributed by atoms with Crippen LogP contribution >= 0.6 is 0 Å². The van der Waals surface area contributed by atoms with E-state index in [2.05, 4.69) is 10.4 Å². The second-order valence-electron chi connectivity index (χ2n) is 6.01. The molecule has 1 aliphatic carbocycles. The van der Waals surface area contributed by atoms with Crippen molar-refractivity contribution in [3.63, 3.8) is 0 Å². The van der Waals surface area contributed by atoms with E-state index in [-0.39, 0.29) is 23.9 Å².